The lowest BCUT2D eigenvalue weighted by Gasteiger charge is -2.08. The summed E-state index contributed by atoms with van der Waals surface area (Å²) < 4.78 is 1.68. The summed E-state index contributed by atoms with van der Waals surface area (Å²) >= 11 is 0. The van der Waals surface area contributed by atoms with E-state index >= 15 is 0 Å². The summed E-state index contributed by atoms with van der Waals surface area (Å²) in [5.41, 5.74) is 1.08. The van der Waals surface area contributed by atoms with Crippen molar-refractivity contribution in [3.8, 4) is 0 Å². The van der Waals surface area contributed by atoms with Gasteiger partial charge in [-0.1, -0.05) is 13.0 Å². The fourth-order valence-corrected chi connectivity index (χ4v) is 1.71. The van der Waals surface area contributed by atoms with E-state index in [1.165, 1.54) is 0 Å². The van der Waals surface area contributed by atoms with Crippen molar-refractivity contribution in [3.63, 3.8) is 0 Å². The third-order valence-electron chi connectivity index (χ3n) is 2.63. The van der Waals surface area contributed by atoms with Crippen molar-refractivity contribution >= 4 is 5.82 Å². The molecule has 2 aromatic rings. The molecule has 18 heavy (non-hydrogen) atoms. The maximum atomic E-state index is 11.6. The standard InChI is InChI=1S/C14H17N3O/c1-2-7-15-13-10-12(6-8-16-13)11-17-9-4-3-5-14(17)18/h3-6,8-10H,2,7,11H2,1H3,(H,15,16). The predicted molar refractivity (Wildman–Crippen MR) is 72.8 cm³/mol. The molecule has 94 valence electrons. The second-order valence-corrected chi connectivity index (χ2v) is 4.14. The van der Waals surface area contributed by atoms with Gasteiger partial charge in [-0.05, 0) is 30.2 Å². The summed E-state index contributed by atoms with van der Waals surface area (Å²) in [6.07, 6.45) is 4.62. The van der Waals surface area contributed by atoms with Gasteiger partial charge in [-0.2, -0.15) is 0 Å². The molecular weight excluding hydrogens is 226 g/mol. The molecule has 0 aromatic carbocycles. The van der Waals surface area contributed by atoms with Gasteiger partial charge in [-0.15, -0.1) is 0 Å². The Morgan fingerprint density at radius 3 is 3.00 bits per heavy atom. The van der Waals surface area contributed by atoms with Crippen LogP contribution in [0.15, 0.2) is 47.5 Å². The first-order chi connectivity index (χ1) is 8.79. The van der Waals surface area contributed by atoms with Gasteiger partial charge < -0.3 is 9.88 Å². The number of aromatic nitrogens is 2. The maximum absolute atomic E-state index is 11.6. The number of hydrogen-bond donors (Lipinski definition) is 1. The van der Waals surface area contributed by atoms with Crippen LogP contribution in [-0.4, -0.2) is 16.1 Å². The highest BCUT2D eigenvalue weighted by Gasteiger charge is 1.99. The van der Waals surface area contributed by atoms with Crippen molar-refractivity contribution in [2.24, 2.45) is 0 Å². The van der Waals surface area contributed by atoms with E-state index in [2.05, 4.69) is 17.2 Å². The fraction of sp³-hybridized carbons (Fsp3) is 0.286. The van der Waals surface area contributed by atoms with E-state index in [0.717, 1.165) is 24.3 Å². The first kappa shape index (κ1) is 12.4. The smallest absolute Gasteiger partial charge is 0.250 e. The molecule has 4 nitrogen and oxygen atoms in total. The average molecular weight is 243 g/mol. The third kappa shape index (κ3) is 3.20. The molecule has 0 aliphatic heterocycles. The number of anilines is 1. The largest absolute Gasteiger partial charge is 0.370 e. The van der Waals surface area contributed by atoms with Crippen molar-refractivity contribution in [2.75, 3.05) is 11.9 Å². The zero-order valence-corrected chi connectivity index (χ0v) is 10.5. The van der Waals surface area contributed by atoms with Crippen molar-refractivity contribution in [1.29, 1.82) is 0 Å². The van der Waals surface area contributed by atoms with Gasteiger partial charge in [0.25, 0.3) is 5.56 Å². The SMILES string of the molecule is CCCNc1cc(Cn2ccccc2=O)ccn1. The van der Waals surface area contributed by atoms with Crippen LogP contribution in [0, 0.1) is 0 Å². The van der Waals surface area contributed by atoms with Crippen LogP contribution in [0.1, 0.15) is 18.9 Å². The lowest BCUT2D eigenvalue weighted by atomic mass is 10.2. The summed E-state index contributed by atoms with van der Waals surface area (Å²) in [6, 6.07) is 9.08. The Hall–Kier alpha value is -2.10. The van der Waals surface area contributed by atoms with Gasteiger partial charge in [-0.25, -0.2) is 4.98 Å². The van der Waals surface area contributed by atoms with Crippen LogP contribution in [0.4, 0.5) is 5.82 Å². The van der Waals surface area contributed by atoms with Crippen molar-refractivity contribution in [2.45, 2.75) is 19.9 Å². The number of nitrogens with zero attached hydrogens (tertiary/aromatic N) is 2. The van der Waals surface area contributed by atoms with Crippen molar-refractivity contribution < 1.29 is 0 Å². The number of pyridine rings is 2. The molecule has 0 atom stereocenters. The normalized spacial score (nSPS) is 10.3. The van der Waals surface area contributed by atoms with E-state index in [-0.39, 0.29) is 5.56 Å². The van der Waals surface area contributed by atoms with E-state index in [4.69, 9.17) is 0 Å². The highest BCUT2D eigenvalue weighted by Crippen LogP contribution is 2.07. The van der Waals surface area contributed by atoms with Crippen LogP contribution < -0.4 is 10.9 Å². The molecule has 0 radical (unpaired) electrons. The highest BCUT2D eigenvalue weighted by atomic mass is 16.1. The van der Waals surface area contributed by atoms with Crippen molar-refractivity contribution in [3.05, 3.63) is 58.6 Å². The molecular formula is C14H17N3O. The molecule has 0 saturated heterocycles. The molecule has 0 aliphatic carbocycles. The zero-order chi connectivity index (χ0) is 12.8. The minimum absolute atomic E-state index is 0.0115. The molecule has 4 heteroatoms. The van der Waals surface area contributed by atoms with Gasteiger partial charge in [0.15, 0.2) is 0 Å². The van der Waals surface area contributed by atoms with Crippen LogP contribution >= 0.6 is 0 Å². The highest BCUT2D eigenvalue weighted by molar-refractivity contribution is 5.37. The molecule has 0 spiro atoms. The summed E-state index contributed by atoms with van der Waals surface area (Å²) in [6.45, 7) is 3.59. The molecule has 0 saturated carbocycles. The van der Waals surface area contributed by atoms with Crippen LogP contribution in [0.2, 0.25) is 0 Å². The van der Waals surface area contributed by atoms with Gasteiger partial charge in [-0.3, -0.25) is 4.79 Å². The molecule has 2 heterocycles. The Labute approximate surface area is 106 Å². The average Bonchev–Trinajstić information content (AvgIpc) is 2.40. The van der Waals surface area contributed by atoms with E-state index in [9.17, 15) is 4.79 Å². The first-order valence-corrected chi connectivity index (χ1v) is 6.14. The Kier molecular flexibility index (Phi) is 4.12. The molecule has 0 unspecified atom stereocenters. The molecule has 1 N–H and O–H groups in total. The van der Waals surface area contributed by atoms with Crippen molar-refractivity contribution in [1.82, 2.24) is 9.55 Å². The molecule has 0 fully saturated rings. The quantitative estimate of drug-likeness (QED) is 0.875. The van der Waals surface area contributed by atoms with Crippen LogP contribution in [0.3, 0.4) is 0 Å². The third-order valence-corrected chi connectivity index (χ3v) is 2.63. The zero-order valence-electron chi connectivity index (χ0n) is 10.5. The predicted octanol–water partition coefficient (Wildman–Crippen LogP) is 2.11. The van der Waals surface area contributed by atoms with E-state index in [1.807, 2.05) is 18.2 Å². The van der Waals surface area contributed by atoms with E-state index in [0.29, 0.717) is 6.54 Å². The molecule has 2 aromatic heterocycles. The molecule has 2 rings (SSSR count). The second kappa shape index (κ2) is 6.00. The van der Waals surface area contributed by atoms with E-state index < -0.39 is 0 Å². The van der Waals surface area contributed by atoms with Gasteiger partial charge >= 0.3 is 0 Å². The van der Waals surface area contributed by atoms with Crippen LogP contribution in [-0.2, 0) is 6.54 Å². The van der Waals surface area contributed by atoms with Crippen LogP contribution in [0.25, 0.3) is 0 Å². The minimum atomic E-state index is 0.0115. The Balaban J connectivity index is 2.14. The maximum Gasteiger partial charge on any atom is 0.250 e. The van der Waals surface area contributed by atoms with Gasteiger partial charge in [0, 0.05) is 25.0 Å². The Morgan fingerprint density at radius 2 is 2.22 bits per heavy atom. The lowest BCUT2D eigenvalue weighted by molar-refractivity contribution is 0.758. The van der Waals surface area contributed by atoms with Gasteiger partial charge in [0.1, 0.15) is 5.82 Å². The molecule has 0 bridgehead atoms. The van der Waals surface area contributed by atoms with Gasteiger partial charge in [0.05, 0.1) is 6.54 Å². The summed E-state index contributed by atoms with van der Waals surface area (Å²) in [7, 11) is 0. The second-order valence-electron chi connectivity index (χ2n) is 4.14. The summed E-state index contributed by atoms with van der Waals surface area (Å²) in [5.74, 6) is 0.860. The molecule has 0 amide bonds. The Morgan fingerprint density at radius 1 is 1.33 bits per heavy atom. The number of rotatable bonds is 5. The fourth-order valence-electron chi connectivity index (χ4n) is 1.71. The van der Waals surface area contributed by atoms with Crippen LogP contribution in [0.5, 0.6) is 0 Å². The minimum Gasteiger partial charge on any atom is -0.370 e. The molecule has 0 aliphatic rings. The van der Waals surface area contributed by atoms with E-state index in [1.54, 1.807) is 29.1 Å². The Bertz CT molecular complexity index is 563. The monoisotopic (exact) mass is 243 g/mol. The lowest BCUT2D eigenvalue weighted by Crippen LogP contribution is -2.18. The first-order valence-electron chi connectivity index (χ1n) is 6.14. The number of nitrogens with one attached hydrogen (secondary N) is 1. The number of hydrogen-bond acceptors (Lipinski definition) is 3. The summed E-state index contributed by atoms with van der Waals surface area (Å²) in [5, 5.41) is 3.24. The van der Waals surface area contributed by atoms with Gasteiger partial charge in [0.2, 0.25) is 0 Å². The topological polar surface area (TPSA) is 46.9 Å². The summed E-state index contributed by atoms with van der Waals surface area (Å²) in [4.78, 5) is 15.9.